The van der Waals surface area contributed by atoms with Crippen molar-refractivity contribution in [2.45, 2.75) is 46.1 Å². The number of para-hydroxylation sites is 1. The minimum Gasteiger partial charge on any atom is -0.325 e. The molecule has 1 aromatic carbocycles. The summed E-state index contributed by atoms with van der Waals surface area (Å²) in [5.41, 5.74) is 3.49. The summed E-state index contributed by atoms with van der Waals surface area (Å²) >= 11 is 0. The summed E-state index contributed by atoms with van der Waals surface area (Å²) in [6, 6.07) is 6.56. The standard InChI is InChI=1S/C16H24N2O/c1-4-12-7-6-8-13(5-2)15(12)18-16(19)14-9-10-17-11(14)3/h6-8,11,14,17H,4-5,9-10H2,1-3H3,(H,18,19). The number of anilines is 1. The van der Waals surface area contributed by atoms with E-state index < -0.39 is 0 Å². The first-order chi connectivity index (χ1) is 9.17. The van der Waals surface area contributed by atoms with Crippen LogP contribution in [0.1, 0.15) is 38.3 Å². The fourth-order valence-electron chi connectivity index (χ4n) is 2.84. The number of aryl methyl sites for hydroxylation is 2. The van der Waals surface area contributed by atoms with E-state index in [1.807, 2.05) is 0 Å². The van der Waals surface area contributed by atoms with Crippen molar-refractivity contribution < 1.29 is 4.79 Å². The number of rotatable bonds is 4. The first kappa shape index (κ1) is 14.1. The van der Waals surface area contributed by atoms with E-state index in [4.69, 9.17) is 0 Å². The minimum absolute atomic E-state index is 0.0922. The zero-order valence-electron chi connectivity index (χ0n) is 12.1. The topological polar surface area (TPSA) is 41.1 Å². The van der Waals surface area contributed by atoms with Crippen LogP contribution < -0.4 is 10.6 Å². The fraction of sp³-hybridized carbons (Fsp3) is 0.562. The molecule has 2 atom stereocenters. The summed E-state index contributed by atoms with van der Waals surface area (Å²) in [5.74, 6) is 0.253. The van der Waals surface area contributed by atoms with E-state index in [0.29, 0.717) is 0 Å². The predicted octanol–water partition coefficient (Wildman–Crippen LogP) is 2.75. The molecule has 19 heavy (non-hydrogen) atoms. The molecule has 1 aliphatic heterocycles. The lowest BCUT2D eigenvalue weighted by molar-refractivity contribution is -0.120. The normalized spacial score (nSPS) is 22.5. The molecule has 2 rings (SSSR count). The number of hydrogen-bond donors (Lipinski definition) is 2. The Morgan fingerprint density at radius 1 is 1.32 bits per heavy atom. The molecular weight excluding hydrogens is 236 g/mol. The van der Waals surface area contributed by atoms with E-state index >= 15 is 0 Å². The van der Waals surface area contributed by atoms with Gasteiger partial charge in [-0.05, 0) is 43.9 Å². The fourth-order valence-corrected chi connectivity index (χ4v) is 2.84. The van der Waals surface area contributed by atoms with E-state index in [1.54, 1.807) is 0 Å². The van der Waals surface area contributed by atoms with Crippen molar-refractivity contribution in [3.05, 3.63) is 29.3 Å². The second-order valence-electron chi connectivity index (χ2n) is 5.29. The third-order valence-corrected chi connectivity index (χ3v) is 4.11. The van der Waals surface area contributed by atoms with Crippen molar-refractivity contribution in [1.29, 1.82) is 0 Å². The lowest BCUT2D eigenvalue weighted by Crippen LogP contribution is -2.32. The molecule has 3 nitrogen and oxygen atoms in total. The monoisotopic (exact) mass is 260 g/mol. The molecule has 0 spiro atoms. The smallest absolute Gasteiger partial charge is 0.229 e. The first-order valence-electron chi connectivity index (χ1n) is 7.32. The quantitative estimate of drug-likeness (QED) is 0.874. The van der Waals surface area contributed by atoms with E-state index in [2.05, 4.69) is 49.6 Å². The van der Waals surface area contributed by atoms with Crippen LogP contribution in [0, 0.1) is 5.92 Å². The SMILES string of the molecule is CCc1cccc(CC)c1NC(=O)C1CCNC1C. The van der Waals surface area contributed by atoms with Gasteiger partial charge in [0.05, 0.1) is 5.92 Å². The maximum atomic E-state index is 12.4. The molecule has 0 aliphatic carbocycles. The zero-order valence-corrected chi connectivity index (χ0v) is 12.1. The van der Waals surface area contributed by atoms with Crippen molar-refractivity contribution in [2.24, 2.45) is 5.92 Å². The van der Waals surface area contributed by atoms with Crippen molar-refractivity contribution >= 4 is 11.6 Å². The summed E-state index contributed by atoms with van der Waals surface area (Å²) in [7, 11) is 0. The highest BCUT2D eigenvalue weighted by atomic mass is 16.2. The van der Waals surface area contributed by atoms with Gasteiger partial charge in [-0.25, -0.2) is 0 Å². The average Bonchev–Trinajstić information content (AvgIpc) is 2.85. The van der Waals surface area contributed by atoms with Crippen LogP contribution in [-0.4, -0.2) is 18.5 Å². The lowest BCUT2D eigenvalue weighted by atomic mass is 9.99. The molecule has 0 bridgehead atoms. The largest absolute Gasteiger partial charge is 0.325 e. The zero-order chi connectivity index (χ0) is 13.8. The number of benzene rings is 1. The summed E-state index contributed by atoms with van der Waals surface area (Å²) in [6.45, 7) is 7.29. The van der Waals surface area contributed by atoms with Crippen molar-refractivity contribution in [3.63, 3.8) is 0 Å². The number of nitrogens with one attached hydrogen (secondary N) is 2. The Hall–Kier alpha value is -1.35. The number of carbonyl (C=O) groups excluding carboxylic acids is 1. The lowest BCUT2D eigenvalue weighted by Gasteiger charge is -2.19. The van der Waals surface area contributed by atoms with Gasteiger partial charge in [-0.1, -0.05) is 32.0 Å². The summed E-state index contributed by atoms with van der Waals surface area (Å²) in [6.07, 6.45) is 2.83. The van der Waals surface area contributed by atoms with Gasteiger partial charge in [0.2, 0.25) is 5.91 Å². The summed E-state index contributed by atoms with van der Waals surface area (Å²) in [4.78, 5) is 12.4. The van der Waals surface area contributed by atoms with Crippen LogP contribution in [0.5, 0.6) is 0 Å². The Balaban J connectivity index is 2.20. The highest BCUT2D eigenvalue weighted by molar-refractivity contribution is 5.94. The molecule has 1 fully saturated rings. The molecule has 2 N–H and O–H groups in total. The predicted molar refractivity (Wildman–Crippen MR) is 79.4 cm³/mol. The van der Waals surface area contributed by atoms with Crippen molar-refractivity contribution in [1.82, 2.24) is 5.32 Å². The van der Waals surface area contributed by atoms with Crippen LogP contribution in [0.4, 0.5) is 5.69 Å². The third kappa shape index (κ3) is 2.98. The molecule has 1 heterocycles. The van der Waals surface area contributed by atoms with E-state index in [1.165, 1.54) is 11.1 Å². The van der Waals surface area contributed by atoms with Crippen LogP contribution in [0.3, 0.4) is 0 Å². The Kier molecular flexibility index (Phi) is 4.59. The molecule has 1 aliphatic rings. The van der Waals surface area contributed by atoms with Gasteiger partial charge in [-0.2, -0.15) is 0 Å². The van der Waals surface area contributed by atoms with Crippen LogP contribution in [0.15, 0.2) is 18.2 Å². The number of amides is 1. The Labute approximate surface area is 115 Å². The van der Waals surface area contributed by atoms with Crippen LogP contribution in [0.2, 0.25) is 0 Å². The van der Waals surface area contributed by atoms with Crippen LogP contribution in [-0.2, 0) is 17.6 Å². The molecule has 2 unspecified atom stereocenters. The van der Waals surface area contributed by atoms with Crippen LogP contribution >= 0.6 is 0 Å². The molecule has 0 aromatic heterocycles. The van der Waals surface area contributed by atoms with E-state index in [-0.39, 0.29) is 17.9 Å². The molecule has 1 aromatic rings. The van der Waals surface area contributed by atoms with Gasteiger partial charge >= 0.3 is 0 Å². The van der Waals surface area contributed by atoms with Crippen LogP contribution in [0.25, 0.3) is 0 Å². The summed E-state index contributed by atoms with van der Waals surface area (Å²) in [5, 5.41) is 6.51. The van der Waals surface area contributed by atoms with Crippen molar-refractivity contribution in [2.75, 3.05) is 11.9 Å². The maximum absolute atomic E-state index is 12.4. The Morgan fingerprint density at radius 2 is 1.95 bits per heavy atom. The van der Waals surface area contributed by atoms with Crippen molar-refractivity contribution in [3.8, 4) is 0 Å². The molecule has 104 valence electrons. The highest BCUT2D eigenvalue weighted by Gasteiger charge is 2.29. The van der Waals surface area contributed by atoms with E-state index in [0.717, 1.165) is 31.5 Å². The van der Waals surface area contributed by atoms with Gasteiger partial charge in [0, 0.05) is 11.7 Å². The minimum atomic E-state index is 0.0922. The molecule has 0 radical (unpaired) electrons. The second-order valence-corrected chi connectivity index (χ2v) is 5.29. The Morgan fingerprint density at radius 3 is 2.42 bits per heavy atom. The molecule has 1 saturated heterocycles. The second kappa shape index (κ2) is 6.20. The van der Waals surface area contributed by atoms with Gasteiger partial charge in [0.25, 0.3) is 0 Å². The van der Waals surface area contributed by atoms with Gasteiger partial charge in [0.1, 0.15) is 0 Å². The number of carbonyl (C=O) groups is 1. The first-order valence-corrected chi connectivity index (χ1v) is 7.32. The van der Waals surface area contributed by atoms with E-state index in [9.17, 15) is 4.79 Å². The average molecular weight is 260 g/mol. The Bertz CT molecular complexity index is 434. The molecular formula is C16H24N2O. The molecule has 3 heteroatoms. The van der Waals surface area contributed by atoms with Gasteiger partial charge < -0.3 is 10.6 Å². The van der Waals surface area contributed by atoms with Gasteiger partial charge in [-0.15, -0.1) is 0 Å². The maximum Gasteiger partial charge on any atom is 0.229 e. The molecule has 1 amide bonds. The van der Waals surface area contributed by atoms with Gasteiger partial charge in [-0.3, -0.25) is 4.79 Å². The summed E-state index contributed by atoms with van der Waals surface area (Å²) < 4.78 is 0. The molecule has 0 saturated carbocycles. The highest BCUT2D eigenvalue weighted by Crippen LogP contribution is 2.25. The number of hydrogen-bond acceptors (Lipinski definition) is 2. The van der Waals surface area contributed by atoms with Gasteiger partial charge in [0.15, 0.2) is 0 Å². The third-order valence-electron chi connectivity index (χ3n) is 4.11.